The van der Waals surface area contributed by atoms with Gasteiger partial charge in [0.2, 0.25) is 0 Å². The van der Waals surface area contributed by atoms with Crippen LogP contribution in [0.5, 0.6) is 0 Å². The first kappa shape index (κ1) is 14.1. The highest BCUT2D eigenvalue weighted by Crippen LogP contribution is 2.21. The predicted molar refractivity (Wildman–Crippen MR) is 77.9 cm³/mol. The summed E-state index contributed by atoms with van der Waals surface area (Å²) >= 11 is 4.87. The van der Waals surface area contributed by atoms with Crippen LogP contribution in [0.1, 0.15) is 16.1 Å². The topological polar surface area (TPSA) is 64.2 Å². The van der Waals surface area contributed by atoms with E-state index >= 15 is 0 Å². The van der Waals surface area contributed by atoms with Crippen LogP contribution in [-0.4, -0.2) is 20.8 Å². The number of anilines is 1. The van der Waals surface area contributed by atoms with E-state index in [2.05, 4.69) is 5.10 Å². The molecule has 1 amide bonds. The third kappa shape index (κ3) is 2.53. The lowest BCUT2D eigenvalue weighted by atomic mass is 10.2. The minimum atomic E-state index is -0.574. The van der Waals surface area contributed by atoms with Crippen LogP contribution in [0.3, 0.4) is 0 Å². The molecule has 0 atom stereocenters. The van der Waals surface area contributed by atoms with Gasteiger partial charge in [-0.2, -0.15) is 5.10 Å². The fourth-order valence-corrected chi connectivity index (χ4v) is 2.07. The number of hydrogen-bond acceptors (Lipinski definition) is 3. The molecule has 1 heterocycles. The fraction of sp³-hybridized carbons (Fsp3) is 0.154. The molecular formula is C13H13FN4OS. The second kappa shape index (κ2) is 5.38. The summed E-state index contributed by atoms with van der Waals surface area (Å²) in [6.07, 6.45) is 1.55. The van der Waals surface area contributed by atoms with Crippen LogP contribution in [-0.2, 0) is 7.05 Å². The predicted octanol–water partition coefficient (Wildman–Crippen LogP) is 1.76. The molecule has 0 fully saturated rings. The highest BCUT2D eigenvalue weighted by atomic mass is 32.1. The second-order valence-electron chi connectivity index (χ2n) is 4.23. The molecule has 0 unspecified atom stereocenters. The normalized spacial score (nSPS) is 10.3. The molecule has 104 valence electrons. The first-order chi connectivity index (χ1) is 9.41. The summed E-state index contributed by atoms with van der Waals surface area (Å²) in [5, 5.41) is 3.86. The average molecular weight is 292 g/mol. The van der Waals surface area contributed by atoms with Crippen LogP contribution >= 0.6 is 12.2 Å². The van der Waals surface area contributed by atoms with Crippen molar-refractivity contribution < 1.29 is 9.18 Å². The highest BCUT2D eigenvalue weighted by Gasteiger charge is 2.25. The van der Waals surface area contributed by atoms with Gasteiger partial charge in [-0.05, 0) is 31.3 Å². The summed E-state index contributed by atoms with van der Waals surface area (Å²) in [5.41, 5.74) is 6.44. The molecule has 2 aromatic rings. The average Bonchev–Trinajstić information content (AvgIpc) is 2.70. The molecule has 7 heteroatoms. The van der Waals surface area contributed by atoms with Crippen LogP contribution in [0, 0.1) is 12.7 Å². The van der Waals surface area contributed by atoms with Crippen LogP contribution < -0.4 is 10.6 Å². The Morgan fingerprint density at radius 2 is 2.10 bits per heavy atom. The minimum absolute atomic E-state index is 0.0215. The first-order valence-electron chi connectivity index (χ1n) is 5.80. The van der Waals surface area contributed by atoms with Crippen molar-refractivity contribution in [2.75, 3.05) is 4.90 Å². The van der Waals surface area contributed by atoms with Crippen molar-refractivity contribution in [3.05, 3.63) is 47.5 Å². The van der Waals surface area contributed by atoms with Crippen molar-refractivity contribution in [3.63, 3.8) is 0 Å². The summed E-state index contributed by atoms with van der Waals surface area (Å²) in [6.45, 7) is 1.69. The molecule has 0 bridgehead atoms. The van der Waals surface area contributed by atoms with E-state index in [0.717, 1.165) is 4.90 Å². The molecule has 0 aliphatic heterocycles. The second-order valence-corrected chi connectivity index (χ2v) is 4.65. The van der Waals surface area contributed by atoms with Gasteiger partial charge in [0.05, 0.1) is 16.9 Å². The smallest absolute Gasteiger partial charge is 0.268 e. The standard InChI is InChI=1S/C13H13FN4OS/c1-8-9(7-17(2)16-8)12(19)18(13(15)20)11-6-4-3-5-10(11)14/h3-7H,1-2H3,(H2,15,20). The molecule has 0 saturated heterocycles. The van der Waals surface area contributed by atoms with Crippen LogP contribution in [0.4, 0.5) is 10.1 Å². The summed E-state index contributed by atoms with van der Waals surface area (Å²) in [6, 6.07) is 5.81. The van der Waals surface area contributed by atoms with Crippen molar-refractivity contribution in [3.8, 4) is 0 Å². The number of rotatable bonds is 2. The number of hydrogen-bond donors (Lipinski definition) is 1. The van der Waals surface area contributed by atoms with E-state index in [-0.39, 0.29) is 10.8 Å². The molecule has 2 N–H and O–H groups in total. The molecule has 0 spiro atoms. The van der Waals surface area contributed by atoms with E-state index in [1.54, 1.807) is 26.2 Å². The maximum absolute atomic E-state index is 13.9. The number of benzene rings is 1. The number of halogens is 1. The van der Waals surface area contributed by atoms with E-state index in [4.69, 9.17) is 18.0 Å². The molecule has 0 aliphatic carbocycles. The van der Waals surface area contributed by atoms with Crippen molar-refractivity contribution in [1.29, 1.82) is 0 Å². The number of nitrogens with two attached hydrogens (primary N) is 1. The van der Waals surface area contributed by atoms with E-state index in [1.807, 2.05) is 0 Å². The zero-order chi connectivity index (χ0) is 14.9. The molecule has 5 nitrogen and oxygen atoms in total. The van der Waals surface area contributed by atoms with E-state index in [0.29, 0.717) is 11.3 Å². The largest absolute Gasteiger partial charge is 0.376 e. The van der Waals surface area contributed by atoms with Crippen molar-refractivity contribution in [2.24, 2.45) is 12.8 Å². The molecule has 1 aromatic carbocycles. The number of aromatic nitrogens is 2. The lowest BCUT2D eigenvalue weighted by molar-refractivity contribution is 0.100. The number of para-hydroxylation sites is 1. The monoisotopic (exact) mass is 292 g/mol. The van der Waals surface area contributed by atoms with Gasteiger partial charge in [-0.15, -0.1) is 0 Å². The molecule has 0 saturated carbocycles. The molecule has 1 aromatic heterocycles. The quantitative estimate of drug-likeness (QED) is 0.857. The molecule has 0 aliphatic rings. The summed E-state index contributed by atoms with van der Waals surface area (Å²) in [4.78, 5) is 13.5. The van der Waals surface area contributed by atoms with Crippen molar-refractivity contribution in [2.45, 2.75) is 6.92 Å². The lowest BCUT2D eigenvalue weighted by Crippen LogP contribution is -2.41. The molecular weight excluding hydrogens is 279 g/mol. The van der Waals surface area contributed by atoms with Gasteiger partial charge in [0.15, 0.2) is 5.11 Å². The van der Waals surface area contributed by atoms with Gasteiger partial charge in [0.1, 0.15) is 5.82 Å². The Morgan fingerprint density at radius 3 is 2.60 bits per heavy atom. The number of nitrogens with zero attached hydrogens (tertiary/aromatic N) is 3. The Labute approximate surface area is 120 Å². The number of aryl methyl sites for hydroxylation is 2. The summed E-state index contributed by atoms with van der Waals surface area (Å²) in [7, 11) is 1.69. The Balaban J connectivity index is 2.50. The first-order valence-corrected chi connectivity index (χ1v) is 6.21. The number of amides is 1. The van der Waals surface area contributed by atoms with Gasteiger partial charge in [0, 0.05) is 13.2 Å². The molecule has 20 heavy (non-hydrogen) atoms. The van der Waals surface area contributed by atoms with Gasteiger partial charge in [0.25, 0.3) is 5.91 Å². The Morgan fingerprint density at radius 1 is 1.45 bits per heavy atom. The molecule has 2 rings (SSSR count). The maximum Gasteiger partial charge on any atom is 0.268 e. The van der Waals surface area contributed by atoms with Gasteiger partial charge in [-0.3, -0.25) is 14.4 Å². The van der Waals surface area contributed by atoms with E-state index in [9.17, 15) is 9.18 Å². The Kier molecular flexibility index (Phi) is 3.80. The zero-order valence-corrected chi connectivity index (χ0v) is 11.8. The zero-order valence-electron chi connectivity index (χ0n) is 11.0. The van der Waals surface area contributed by atoms with Crippen LogP contribution in [0.2, 0.25) is 0 Å². The third-order valence-corrected chi connectivity index (χ3v) is 2.94. The molecule has 0 radical (unpaired) electrons. The van der Waals surface area contributed by atoms with Gasteiger partial charge in [-0.1, -0.05) is 12.1 Å². The summed E-state index contributed by atoms with van der Waals surface area (Å²) < 4.78 is 15.4. The minimum Gasteiger partial charge on any atom is -0.376 e. The van der Waals surface area contributed by atoms with Gasteiger partial charge in [-0.25, -0.2) is 4.39 Å². The third-order valence-electron chi connectivity index (χ3n) is 2.76. The van der Waals surface area contributed by atoms with E-state index in [1.165, 1.54) is 22.9 Å². The lowest BCUT2D eigenvalue weighted by Gasteiger charge is -2.21. The Bertz CT molecular complexity index is 683. The van der Waals surface area contributed by atoms with Crippen molar-refractivity contribution in [1.82, 2.24) is 9.78 Å². The number of carbonyl (C=O) groups is 1. The van der Waals surface area contributed by atoms with Gasteiger partial charge < -0.3 is 5.73 Å². The van der Waals surface area contributed by atoms with Crippen LogP contribution in [0.25, 0.3) is 0 Å². The fourth-order valence-electron chi connectivity index (χ4n) is 1.89. The van der Waals surface area contributed by atoms with Crippen molar-refractivity contribution >= 4 is 28.9 Å². The Hall–Kier alpha value is -2.28. The van der Waals surface area contributed by atoms with E-state index < -0.39 is 11.7 Å². The van der Waals surface area contributed by atoms with Crippen LogP contribution in [0.15, 0.2) is 30.5 Å². The number of thiocarbonyl (C=S) groups is 1. The highest BCUT2D eigenvalue weighted by molar-refractivity contribution is 7.80. The van der Waals surface area contributed by atoms with Gasteiger partial charge >= 0.3 is 0 Å². The number of carbonyl (C=O) groups excluding carboxylic acids is 1. The maximum atomic E-state index is 13.9. The SMILES string of the molecule is Cc1nn(C)cc1C(=O)N(C(N)=S)c1ccccc1F. The summed E-state index contributed by atoms with van der Waals surface area (Å²) in [5.74, 6) is -1.08.